The van der Waals surface area contributed by atoms with Crippen molar-refractivity contribution < 1.29 is 14.3 Å². The molecule has 0 spiro atoms. The minimum absolute atomic E-state index is 0.114. The first-order valence-corrected chi connectivity index (χ1v) is 10.1. The fourth-order valence-electron chi connectivity index (χ4n) is 3.93. The van der Waals surface area contributed by atoms with Crippen molar-refractivity contribution in [2.75, 3.05) is 0 Å². The summed E-state index contributed by atoms with van der Waals surface area (Å²) in [6, 6.07) is 12.1. The Kier molecular flexibility index (Phi) is 4.38. The maximum absolute atomic E-state index is 12.6. The maximum Gasteiger partial charge on any atom is 0.199 e. The lowest BCUT2D eigenvalue weighted by Gasteiger charge is -2.25. The molecule has 0 N–H and O–H groups in total. The van der Waals surface area contributed by atoms with E-state index in [1.165, 1.54) is 0 Å². The van der Waals surface area contributed by atoms with Crippen LogP contribution in [0.25, 0.3) is 10.9 Å². The van der Waals surface area contributed by atoms with Crippen molar-refractivity contribution in [3.8, 4) is 11.5 Å². The van der Waals surface area contributed by atoms with E-state index in [-0.39, 0.29) is 11.9 Å². The smallest absolute Gasteiger partial charge is 0.199 e. The molecule has 5 heteroatoms. The second-order valence-corrected chi connectivity index (χ2v) is 7.67. The third-order valence-corrected chi connectivity index (χ3v) is 5.72. The molecule has 0 bridgehead atoms. The van der Waals surface area contributed by atoms with Crippen molar-refractivity contribution in [2.24, 2.45) is 7.05 Å². The van der Waals surface area contributed by atoms with E-state index < -0.39 is 0 Å². The van der Waals surface area contributed by atoms with Gasteiger partial charge in [-0.15, -0.1) is 0 Å². The molecule has 29 heavy (non-hydrogen) atoms. The van der Waals surface area contributed by atoms with Gasteiger partial charge in [-0.1, -0.05) is 25.1 Å². The van der Waals surface area contributed by atoms with E-state index in [0.29, 0.717) is 6.61 Å². The number of aryl methyl sites for hydroxylation is 2. The zero-order valence-corrected chi connectivity index (χ0v) is 16.6. The number of allylic oxidation sites excluding steroid dienone is 1. The Hall–Kier alpha value is -3.08. The quantitative estimate of drug-likeness (QED) is 0.631. The van der Waals surface area contributed by atoms with Crippen LogP contribution >= 0.6 is 0 Å². The molecule has 1 radical (unpaired) electrons. The number of ether oxygens (including phenoxy) is 2. The van der Waals surface area contributed by atoms with Gasteiger partial charge in [0.1, 0.15) is 18.1 Å². The SMILES string of the molecule is CC[C]1C=C1C(=O)C1CCc2ccc(OCc3ccc4c(cnn4C)c3)cc2O1. The molecular weight excluding hydrogens is 364 g/mol. The average molecular weight is 387 g/mol. The molecule has 1 unspecified atom stereocenters. The largest absolute Gasteiger partial charge is 0.489 e. The van der Waals surface area contributed by atoms with E-state index in [2.05, 4.69) is 30.2 Å². The second kappa shape index (κ2) is 7.07. The predicted octanol–water partition coefficient (Wildman–Crippen LogP) is 4.34. The van der Waals surface area contributed by atoms with Crippen molar-refractivity contribution in [3.63, 3.8) is 0 Å². The molecule has 3 aromatic rings. The number of carbonyl (C=O) groups is 1. The lowest BCUT2D eigenvalue weighted by molar-refractivity contribution is -0.122. The Balaban J connectivity index is 1.27. The first-order chi connectivity index (χ1) is 14.1. The highest BCUT2D eigenvalue weighted by Gasteiger charge is 2.37. The number of hydrogen-bond acceptors (Lipinski definition) is 4. The lowest BCUT2D eigenvalue weighted by atomic mass is 9.97. The van der Waals surface area contributed by atoms with E-state index >= 15 is 0 Å². The fraction of sp³-hybridized carbons (Fsp3) is 0.292. The number of hydrogen-bond donors (Lipinski definition) is 0. The molecule has 147 valence electrons. The Bertz CT molecular complexity index is 1130. The van der Waals surface area contributed by atoms with Crippen molar-refractivity contribution in [1.82, 2.24) is 9.78 Å². The summed E-state index contributed by atoms with van der Waals surface area (Å²) < 4.78 is 13.9. The van der Waals surface area contributed by atoms with Crippen LogP contribution in [0.2, 0.25) is 0 Å². The van der Waals surface area contributed by atoms with Crippen LogP contribution in [0.15, 0.2) is 54.2 Å². The van der Waals surface area contributed by atoms with E-state index in [1.807, 2.05) is 42.2 Å². The molecule has 2 aromatic carbocycles. The van der Waals surface area contributed by atoms with Crippen LogP contribution < -0.4 is 9.47 Å². The highest BCUT2D eigenvalue weighted by molar-refractivity contribution is 6.08. The summed E-state index contributed by atoms with van der Waals surface area (Å²) in [6.45, 7) is 2.53. The number of Topliss-reactive ketones (excluding diaryl/α,β-unsaturated/α-hetero) is 1. The van der Waals surface area contributed by atoms with Gasteiger partial charge >= 0.3 is 0 Å². The standard InChI is InChI=1S/C24H23N2O3/c1-3-16-11-20(16)24(27)22-9-6-17-5-7-19(12-23(17)29-22)28-14-15-4-8-21-18(10-15)13-25-26(21)2/h4-5,7-8,10-13,22H,3,6,9,14H2,1-2H3. The average Bonchev–Trinajstić information content (AvgIpc) is 3.46. The normalized spacial score (nSPS) is 18.1. The molecule has 0 saturated heterocycles. The topological polar surface area (TPSA) is 53.3 Å². The number of benzene rings is 2. The molecule has 5 nitrogen and oxygen atoms in total. The summed E-state index contributed by atoms with van der Waals surface area (Å²) in [7, 11) is 1.93. The minimum Gasteiger partial charge on any atom is -0.489 e. The molecular formula is C24H23N2O3. The second-order valence-electron chi connectivity index (χ2n) is 7.67. The van der Waals surface area contributed by atoms with Crippen LogP contribution in [0.4, 0.5) is 0 Å². The Labute approximate surface area is 169 Å². The number of rotatable bonds is 6. The number of fused-ring (bicyclic) bond motifs is 2. The molecule has 5 rings (SSSR count). The zero-order valence-electron chi connectivity index (χ0n) is 16.6. The third kappa shape index (κ3) is 3.41. The first-order valence-electron chi connectivity index (χ1n) is 10.1. The van der Waals surface area contributed by atoms with Gasteiger partial charge in [-0.3, -0.25) is 9.48 Å². The molecule has 1 atom stereocenters. The summed E-state index contributed by atoms with van der Waals surface area (Å²) in [4.78, 5) is 12.6. The number of ketones is 1. The minimum atomic E-state index is -0.388. The summed E-state index contributed by atoms with van der Waals surface area (Å²) in [6.07, 6.45) is 5.93. The van der Waals surface area contributed by atoms with Gasteiger partial charge in [0, 0.05) is 30.0 Å². The van der Waals surface area contributed by atoms with Crippen LogP contribution in [-0.4, -0.2) is 21.7 Å². The Morgan fingerprint density at radius 2 is 2.17 bits per heavy atom. The van der Waals surface area contributed by atoms with Gasteiger partial charge in [0.2, 0.25) is 0 Å². The number of carbonyl (C=O) groups excluding carboxylic acids is 1. The van der Waals surface area contributed by atoms with Crippen LogP contribution in [0, 0.1) is 5.92 Å². The van der Waals surface area contributed by atoms with Crippen molar-refractivity contribution >= 4 is 16.7 Å². The third-order valence-electron chi connectivity index (χ3n) is 5.72. The van der Waals surface area contributed by atoms with Gasteiger partial charge in [-0.05, 0) is 48.6 Å². The van der Waals surface area contributed by atoms with Gasteiger partial charge in [0.15, 0.2) is 11.9 Å². The van der Waals surface area contributed by atoms with Crippen LogP contribution in [0.1, 0.15) is 30.9 Å². The summed E-state index contributed by atoms with van der Waals surface area (Å²) >= 11 is 0. The number of aromatic nitrogens is 2. The first kappa shape index (κ1) is 18.0. The van der Waals surface area contributed by atoms with E-state index in [1.54, 1.807) is 0 Å². The number of nitrogens with zero attached hydrogens (tertiary/aromatic N) is 2. The lowest BCUT2D eigenvalue weighted by Crippen LogP contribution is -2.31. The van der Waals surface area contributed by atoms with Gasteiger partial charge in [-0.25, -0.2) is 0 Å². The molecule has 0 fully saturated rings. The summed E-state index contributed by atoms with van der Waals surface area (Å²) in [5.74, 6) is 2.78. The van der Waals surface area contributed by atoms with Gasteiger partial charge < -0.3 is 9.47 Å². The molecule has 2 heterocycles. The summed E-state index contributed by atoms with van der Waals surface area (Å²) in [5.41, 5.74) is 4.17. The summed E-state index contributed by atoms with van der Waals surface area (Å²) in [5, 5.41) is 5.38. The van der Waals surface area contributed by atoms with E-state index in [0.717, 1.165) is 64.3 Å². The van der Waals surface area contributed by atoms with E-state index in [9.17, 15) is 4.79 Å². The van der Waals surface area contributed by atoms with Gasteiger partial charge in [0.25, 0.3) is 0 Å². The van der Waals surface area contributed by atoms with Crippen molar-refractivity contribution in [3.05, 3.63) is 71.3 Å². The predicted molar refractivity (Wildman–Crippen MR) is 111 cm³/mol. The zero-order chi connectivity index (χ0) is 20.0. The van der Waals surface area contributed by atoms with Gasteiger partial charge in [0.05, 0.1) is 11.7 Å². The highest BCUT2D eigenvalue weighted by atomic mass is 16.5. The fourth-order valence-corrected chi connectivity index (χ4v) is 3.93. The van der Waals surface area contributed by atoms with Crippen LogP contribution in [0.5, 0.6) is 11.5 Å². The Morgan fingerprint density at radius 1 is 1.28 bits per heavy atom. The Morgan fingerprint density at radius 3 is 3.00 bits per heavy atom. The van der Waals surface area contributed by atoms with Crippen LogP contribution in [-0.2, 0) is 24.9 Å². The molecule has 0 amide bonds. The molecule has 1 aromatic heterocycles. The van der Waals surface area contributed by atoms with Crippen LogP contribution in [0.3, 0.4) is 0 Å². The van der Waals surface area contributed by atoms with Crippen molar-refractivity contribution in [2.45, 2.75) is 38.9 Å². The highest BCUT2D eigenvalue weighted by Crippen LogP contribution is 2.39. The van der Waals surface area contributed by atoms with E-state index in [4.69, 9.17) is 9.47 Å². The van der Waals surface area contributed by atoms with Gasteiger partial charge in [-0.2, -0.15) is 5.10 Å². The molecule has 1 aliphatic heterocycles. The van der Waals surface area contributed by atoms with Crippen molar-refractivity contribution in [1.29, 1.82) is 0 Å². The molecule has 1 aliphatic carbocycles. The molecule has 2 aliphatic rings. The molecule has 0 saturated carbocycles. The maximum atomic E-state index is 12.6. The monoisotopic (exact) mass is 387 g/mol.